The van der Waals surface area contributed by atoms with E-state index in [1.54, 1.807) is 13.2 Å². The van der Waals surface area contributed by atoms with Crippen LogP contribution in [0, 0.1) is 5.41 Å². The lowest BCUT2D eigenvalue weighted by Crippen LogP contribution is -2.31. The highest BCUT2D eigenvalue weighted by molar-refractivity contribution is 7.89. The van der Waals surface area contributed by atoms with Gasteiger partial charge in [0.15, 0.2) is 0 Å². The molecule has 0 aromatic carbocycles. The number of ether oxygens (including phenoxy) is 1. The Bertz CT molecular complexity index is 551. The van der Waals surface area contributed by atoms with E-state index in [-0.39, 0.29) is 23.7 Å². The maximum atomic E-state index is 12.1. The molecular weight excluding hydrogens is 296 g/mol. The van der Waals surface area contributed by atoms with Gasteiger partial charge in [-0.25, -0.2) is 13.1 Å². The van der Waals surface area contributed by atoms with Gasteiger partial charge in [-0.1, -0.05) is 0 Å². The normalized spacial score (nSPS) is 17.0. The molecule has 0 aliphatic heterocycles. The third kappa shape index (κ3) is 4.52. The Kier molecular flexibility index (Phi) is 5.39. The zero-order valence-electron chi connectivity index (χ0n) is 12.1. The van der Waals surface area contributed by atoms with Crippen molar-refractivity contribution in [2.75, 3.05) is 33.4 Å². The molecule has 1 aliphatic carbocycles. The first-order chi connectivity index (χ1) is 10.0. The van der Waals surface area contributed by atoms with E-state index in [1.807, 2.05) is 0 Å². The van der Waals surface area contributed by atoms with Gasteiger partial charge in [-0.3, -0.25) is 0 Å². The van der Waals surface area contributed by atoms with E-state index >= 15 is 0 Å². The minimum absolute atomic E-state index is 0.00233. The van der Waals surface area contributed by atoms with Gasteiger partial charge in [0.05, 0.1) is 13.2 Å². The van der Waals surface area contributed by atoms with Crippen molar-refractivity contribution in [3.8, 4) is 0 Å². The first-order valence-electron chi connectivity index (χ1n) is 6.90. The van der Waals surface area contributed by atoms with Crippen LogP contribution in [0.1, 0.15) is 18.6 Å². The lowest BCUT2D eigenvalue weighted by Gasteiger charge is -2.11. The van der Waals surface area contributed by atoms with Crippen LogP contribution in [0.25, 0.3) is 0 Å². The Morgan fingerprint density at radius 2 is 2.19 bits per heavy atom. The molecule has 2 rings (SSSR count). The van der Waals surface area contributed by atoms with Crippen LogP contribution in [0.15, 0.2) is 21.6 Å². The second kappa shape index (κ2) is 6.89. The fourth-order valence-corrected chi connectivity index (χ4v) is 2.97. The molecule has 1 fully saturated rings. The smallest absolute Gasteiger partial charge is 0.273 e. The van der Waals surface area contributed by atoms with Crippen molar-refractivity contribution in [1.29, 1.82) is 0 Å². The van der Waals surface area contributed by atoms with Crippen molar-refractivity contribution in [2.45, 2.75) is 24.5 Å². The SMILES string of the molecule is COCCNCc1ccc(S(=O)(=O)NCC2(CO)CC2)o1. The Morgan fingerprint density at radius 3 is 2.81 bits per heavy atom. The van der Waals surface area contributed by atoms with Gasteiger partial charge in [0.2, 0.25) is 5.09 Å². The number of aliphatic hydroxyl groups excluding tert-OH is 1. The molecule has 1 aromatic rings. The Labute approximate surface area is 124 Å². The van der Waals surface area contributed by atoms with Gasteiger partial charge in [-0.2, -0.15) is 0 Å². The first kappa shape index (κ1) is 16.4. The van der Waals surface area contributed by atoms with Crippen molar-refractivity contribution >= 4 is 10.0 Å². The molecule has 0 unspecified atom stereocenters. The zero-order valence-corrected chi connectivity index (χ0v) is 12.9. The third-order valence-electron chi connectivity index (χ3n) is 3.61. The van der Waals surface area contributed by atoms with Gasteiger partial charge in [0, 0.05) is 32.2 Å². The molecule has 1 aliphatic rings. The largest absolute Gasteiger partial charge is 0.447 e. The molecule has 21 heavy (non-hydrogen) atoms. The van der Waals surface area contributed by atoms with E-state index in [9.17, 15) is 13.5 Å². The molecule has 8 heteroatoms. The molecule has 3 N–H and O–H groups in total. The van der Waals surface area contributed by atoms with Crippen molar-refractivity contribution in [3.05, 3.63) is 17.9 Å². The quantitative estimate of drug-likeness (QED) is 0.528. The maximum absolute atomic E-state index is 12.1. The first-order valence-corrected chi connectivity index (χ1v) is 8.39. The van der Waals surface area contributed by atoms with E-state index in [4.69, 9.17) is 9.15 Å². The van der Waals surface area contributed by atoms with Crippen LogP contribution in [0.2, 0.25) is 0 Å². The van der Waals surface area contributed by atoms with Crippen LogP contribution in [0.3, 0.4) is 0 Å². The topological polar surface area (TPSA) is 101 Å². The summed E-state index contributed by atoms with van der Waals surface area (Å²) >= 11 is 0. The molecule has 0 radical (unpaired) electrons. The lowest BCUT2D eigenvalue weighted by atomic mass is 10.1. The molecule has 120 valence electrons. The zero-order chi connectivity index (χ0) is 15.3. The predicted octanol–water partition coefficient (Wildman–Crippen LogP) is 0.0664. The van der Waals surface area contributed by atoms with Gasteiger partial charge >= 0.3 is 0 Å². The summed E-state index contributed by atoms with van der Waals surface area (Å²) in [6.07, 6.45) is 1.69. The van der Waals surface area contributed by atoms with Gasteiger partial charge < -0.3 is 19.6 Å². The van der Waals surface area contributed by atoms with Crippen LogP contribution in [0.4, 0.5) is 0 Å². The van der Waals surface area contributed by atoms with E-state index in [2.05, 4.69) is 10.0 Å². The number of hydrogen-bond donors (Lipinski definition) is 3. The number of hydrogen-bond acceptors (Lipinski definition) is 6. The molecule has 1 heterocycles. The maximum Gasteiger partial charge on any atom is 0.273 e. The van der Waals surface area contributed by atoms with E-state index in [0.717, 1.165) is 12.8 Å². The van der Waals surface area contributed by atoms with Crippen LogP contribution in [-0.4, -0.2) is 46.9 Å². The van der Waals surface area contributed by atoms with E-state index < -0.39 is 10.0 Å². The number of furan rings is 1. The highest BCUT2D eigenvalue weighted by Crippen LogP contribution is 2.44. The summed E-state index contributed by atoms with van der Waals surface area (Å²) in [5, 5.41) is 12.2. The second-order valence-corrected chi connectivity index (χ2v) is 7.07. The molecule has 7 nitrogen and oxygen atoms in total. The van der Waals surface area contributed by atoms with Crippen LogP contribution in [0.5, 0.6) is 0 Å². The minimum atomic E-state index is -3.66. The predicted molar refractivity (Wildman–Crippen MR) is 76.2 cm³/mol. The number of rotatable bonds is 10. The third-order valence-corrected chi connectivity index (χ3v) is 4.89. The number of nitrogens with one attached hydrogen (secondary N) is 2. The highest BCUT2D eigenvalue weighted by Gasteiger charge is 2.42. The van der Waals surface area contributed by atoms with E-state index in [1.165, 1.54) is 6.07 Å². The van der Waals surface area contributed by atoms with Crippen LogP contribution in [-0.2, 0) is 21.3 Å². The van der Waals surface area contributed by atoms with Crippen molar-refractivity contribution < 1.29 is 22.7 Å². The Morgan fingerprint density at radius 1 is 1.43 bits per heavy atom. The summed E-state index contributed by atoms with van der Waals surface area (Å²) in [5.41, 5.74) is -0.274. The molecular formula is C13H22N2O5S. The van der Waals surface area contributed by atoms with Gasteiger partial charge in [0.1, 0.15) is 5.76 Å². The molecule has 0 bridgehead atoms. The Hall–Kier alpha value is -0.930. The van der Waals surface area contributed by atoms with Gasteiger partial charge in [-0.05, 0) is 25.0 Å². The van der Waals surface area contributed by atoms with Gasteiger partial charge in [-0.15, -0.1) is 0 Å². The molecule has 1 aromatic heterocycles. The summed E-state index contributed by atoms with van der Waals surface area (Å²) < 4.78 is 36.9. The summed E-state index contributed by atoms with van der Waals surface area (Å²) in [7, 11) is -2.04. The van der Waals surface area contributed by atoms with Crippen LogP contribution >= 0.6 is 0 Å². The monoisotopic (exact) mass is 318 g/mol. The fourth-order valence-electron chi connectivity index (χ4n) is 1.87. The van der Waals surface area contributed by atoms with Gasteiger partial charge in [0.25, 0.3) is 10.0 Å². The standard InChI is InChI=1S/C13H22N2O5S/c1-19-7-6-14-8-11-2-3-12(20-11)21(17,18)15-9-13(10-16)4-5-13/h2-3,14-16H,4-10H2,1H3. The summed E-state index contributed by atoms with van der Waals surface area (Å²) in [5.74, 6) is 0.551. The summed E-state index contributed by atoms with van der Waals surface area (Å²) in [6, 6.07) is 3.07. The Balaban J connectivity index is 1.86. The van der Waals surface area contributed by atoms with E-state index in [0.29, 0.717) is 25.5 Å². The van der Waals surface area contributed by atoms with Crippen molar-refractivity contribution in [2.24, 2.45) is 5.41 Å². The van der Waals surface area contributed by atoms with Crippen molar-refractivity contribution in [3.63, 3.8) is 0 Å². The fraction of sp³-hybridized carbons (Fsp3) is 0.692. The second-order valence-electron chi connectivity index (χ2n) is 5.37. The number of aliphatic hydroxyl groups is 1. The minimum Gasteiger partial charge on any atom is -0.447 e. The molecule has 0 amide bonds. The molecule has 0 atom stereocenters. The molecule has 1 saturated carbocycles. The molecule has 0 spiro atoms. The number of methoxy groups -OCH3 is 1. The van der Waals surface area contributed by atoms with Crippen molar-refractivity contribution in [1.82, 2.24) is 10.0 Å². The summed E-state index contributed by atoms with van der Waals surface area (Å²) in [6.45, 7) is 1.93. The average Bonchev–Trinajstić information content (AvgIpc) is 3.10. The lowest BCUT2D eigenvalue weighted by molar-refractivity contribution is 0.198. The molecule has 0 saturated heterocycles. The summed E-state index contributed by atoms with van der Waals surface area (Å²) in [4.78, 5) is 0. The van der Waals surface area contributed by atoms with Crippen LogP contribution < -0.4 is 10.0 Å². The highest BCUT2D eigenvalue weighted by atomic mass is 32.2. The number of sulfonamides is 1. The average molecular weight is 318 g/mol.